The predicted molar refractivity (Wildman–Crippen MR) is 88.3 cm³/mol. The van der Waals surface area contributed by atoms with E-state index < -0.39 is 0 Å². The summed E-state index contributed by atoms with van der Waals surface area (Å²) in [5.74, 6) is 0. The highest BCUT2D eigenvalue weighted by atomic mass is 32.1. The van der Waals surface area contributed by atoms with Crippen LogP contribution in [0.1, 0.15) is 37.3 Å². The summed E-state index contributed by atoms with van der Waals surface area (Å²) < 4.78 is 0. The van der Waals surface area contributed by atoms with Crippen molar-refractivity contribution < 1.29 is 0 Å². The minimum Gasteiger partial charge on any atom is -0.283 e. The van der Waals surface area contributed by atoms with Crippen molar-refractivity contribution >= 4 is 19.4 Å². The quantitative estimate of drug-likeness (QED) is 0.758. The molecule has 0 amide bonds. The van der Waals surface area contributed by atoms with Crippen molar-refractivity contribution in [1.82, 2.24) is 5.09 Å². The van der Waals surface area contributed by atoms with Gasteiger partial charge in [0.25, 0.3) is 0 Å². The first-order valence-corrected chi connectivity index (χ1v) is 9.23. The molecule has 1 aromatic carbocycles. The molecular weight excluding hydrogens is 269 g/mol. The fourth-order valence-corrected chi connectivity index (χ4v) is 3.74. The zero-order valence-electron chi connectivity index (χ0n) is 12.1. The Morgan fingerprint density at radius 3 is 2.26 bits per heavy atom. The third kappa shape index (κ3) is 3.89. The first kappa shape index (κ1) is 14.7. The SMILES string of the molecule is CP(N[C@@H](c1ccccc1)c1cccs1)C(C)(C)C. The summed E-state index contributed by atoms with van der Waals surface area (Å²) in [5.41, 5.74) is 1.35. The zero-order chi connectivity index (χ0) is 13.9. The molecule has 0 aliphatic heterocycles. The molecule has 0 aliphatic rings. The van der Waals surface area contributed by atoms with Crippen LogP contribution in [0.3, 0.4) is 0 Å². The van der Waals surface area contributed by atoms with E-state index in [1.165, 1.54) is 10.4 Å². The Morgan fingerprint density at radius 1 is 1.05 bits per heavy atom. The lowest BCUT2D eigenvalue weighted by Crippen LogP contribution is -2.25. The van der Waals surface area contributed by atoms with Gasteiger partial charge < -0.3 is 0 Å². The van der Waals surface area contributed by atoms with Crippen molar-refractivity contribution in [2.24, 2.45) is 0 Å². The lowest BCUT2D eigenvalue weighted by atomic mass is 10.1. The summed E-state index contributed by atoms with van der Waals surface area (Å²) in [7, 11) is -0.233. The molecule has 19 heavy (non-hydrogen) atoms. The van der Waals surface area contributed by atoms with Crippen molar-refractivity contribution in [3.63, 3.8) is 0 Å². The van der Waals surface area contributed by atoms with Gasteiger partial charge in [-0.25, -0.2) is 0 Å². The van der Waals surface area contributed by atoms with E-state index in [2.05, 4.69) is 80.4 Å². The summed E-state index contributed by atoms with van der Waals surface area (Å²) in [5, 5.41) is 6.32. The van der Waals surface area contributed by atoms with E-state index in [9.17, 15) is 0 Å². The highest BCUT2D eigenvalue weighted by molar-refractivity contribution is 7.56. The fourth-order valence-electron chi connectivity index (χ4n) is 1.79. The summed E-state index contributed by atoms with van der Waals surface area (Å²) >= 11 is 1.83. The number of rotatable bonds is 4. The van der Waals surface area contributed by atoms with Crippen LogP contribution in [-0.4, -0.2) is 11.8 Å². The maximum absolute atomic E-state index is 3.85. The van der Waals surface area contributed by atoms with Crippen LogP contribution in [0.2, 0.25) is 0 Å². The molecule has 0 radical (unpaired) electrons. The van der Waals surface area contributed by atoms with Crippen LogP contribution in [0.25, 0.3) is 0 Å². The summed E-state index contributed by atoms with van der Waals surface area (Å²) in [4.78, 5) is 1.39. The minimum atomic E-state index is -0.233. The molecule has 0 saturated heterocycles. The average Bonchev–Trinajstić information content (AvgIpc) is 2.89. The molecule has 1 N–H and O–H groups in total. The third-order valence-corrected chi connectivity index (χ3v) is 6.88. The van der Waals surface area contributed by atoms with Gasteiger partial charge in [-0.15, -0.1) is 11.3 Å². The molecule has 1 unspecified atom stereocenters. The molecule has 0 fully saturated rings. The van der Waals surface area contributed by atoms with Gasteiger partial charge in [0.15, 0.2) is 0 Å². The number of hydrogen-bond donors (Lipinski definition) is 1. The topological polar surface area (TPSA) is 12.0 Å². The van der Waals surface area contributed by atoms with Gasteiger partial charge in [-0.3, -0.25) is 5.09 Å². The van der Waals surface area contributed by atoms with Crippen LogP contribution in [0, 0.1) is 0 Å². The predicted octanol–water partition coefficient (Wildman–Crippen LogP) is 5.25. The van der Waals surface area contributed by atoms with Gasteiger partial charge in [0.2, 0.25) is 0 Å². The molecule has 1 nitrogen and oxygen atoms in total. The van der Waals surface area contributed by atoms with Crippen molar-refractivity contribution in [3.8, 4) is 0 Å². The molecular formula is C16H22NPS. The Balaban J connectivity index is 2.26. The highest BCUT2D eigenvalue weighted by Crippen LogP contribution is 2.45. The Kier molecular flexibility index (Phi) is 4.78. The fraction of sp³-hybridized carbons (Fsp3) is 0.375. The number of benzene rings is 1. The normalized spacial score (nSPS) is 15.2. The Bertz CT molecular complexity index is 487. The first-order chi connectivity index (χ1) is 8.98. The van der Waals surface area contributed by atoms with E-state index in [0.29, 0.717) is 11.2 Å². The van der Waals surface area contributed by atoms with Crippen LogP contribution >= 0.6 is 19.4 Å². The molecule has 1 aromatic heterocycles. The smallest absolute Gasteiger partial charge is 0.0703 e. The van der Waals surface area contributed by atoms with Crippen molar-refractivity contribution in [3.05, 3.63) is 58.3 Å². The van der Waals surface area contributed by atoms with E-state index in [0.717, 1.165) is 0 Å². The molecule has 2 aromatic rings. The van der Waals surface area contributed by atoms with Gasteiger partial charge in [0, 0.05) is 4.88 Å². The zero-order valence-corrected chi connectivity index (χ0v) is 13.8. The lowest BCUT2D eigenvalue weighted by molar-refractivity contribution is 0.733. The van der Waals surface area contributed by atoms with Gasteiger partial charge in [-0.05, 0) is 36.9 Å². The van der Waals surface area contributed by atoms with E-state index in [4.69, 9.17) is 0 Å². The molecule has 0 bridgehead atoms. The van der Waals surface area contributed by atoms with Crippen LogP contribution in [0.15, 0.2) is 47.8 Å². The monoisotopic (exact) mass is 291 g/mol. The molecule has 1 heterocycles. The minimum absolute atomic E-state index is 0.233. The third-order valence-electron chi connectivity index (χ3n) is 3.29. The first-order valence-electron chi connectivity index (χ1n) is 6.57. The highest BCUT2D eigenvalue weighted by Gasteiger charge is 2.24. The molecule has 2 rings (SSSR count). The van der Waals surface area contributed by atoms with E-state index in [1.807, 2.05) is 11.3 Å². The second kappa shape index (κ2) is 6.17. The van der Waals surface area contributed by atoms with Crippen molar-refractivity contribution in [2.75, 3.05) is 6.66 Å². The van der Waals surface area contributed by atoms with Crippen molar-refractivity contribution in [2.45, 2.75) is 32.0 Å². The summed E-state index contributed by atoms with van der Waals surface area (Å²) in [6, 6.07) is 15.4. The van der Waals surface area contributed by atoms with Crippen molar-refractivity contribution in [1.29, 1.82) is 0 Å². The maximum Gasteiger partial charge on any atom is 0.0703 e. The average molecular weight is 291 g/mol. The maximum atomic E-state index is 3.85. The number of hydrogen-bond acceptors (Lipinski definition) is 2. The second-order valence-corrected chi connectivity index (χ2v) is 9.42. The largest absolute Gasteiger partial charge is 0.283 e. The van der Waals surface area contributed by atoms with Crippen LogP contribution < -0.4 is 5.09 Å². The molecule has 0 spiro atoms. The van der Waals surface area contributed by atoms with Gasteiger partial charge in [-0.1, -0.05) is 57.2 Å². The van der Waals surface area contributed by atoms with Gasteiger partial charge in [-0.2, -0.15) is 0 Å². The van der Waals surface area contributed by atoms with E-state index in [-0.39, 0.29) is 8.07 Å². The Hall–Kier alpha value is -0.690. The number of nitrogens with one attached hydrogen (secondary N) is 1. The number of thiophene rings is 1. The standard InChI is InChI=1S/C16H22NPS/c1-16(2,3)18(4)17-15(14-11-8-12-19-14)13-9-6-5-7-10-13/h5-12,15,17H,1-4H3/t15-,18?/m0/s1. The Morgan fingerprint density at radius 2 is 1.74 bits per heavy atom. The molecule has 0 aliphatic carbocycles. The summed E-state index contributed by atoms with van der Waals surface area (Å²) in [6.45, 7) is 9.26. The van der Waals surface area contributed by atoms with Crippen LogP contribution in [0.4, 0.5) is 0 Å². The lowest BCUT2D eigenvalue weighted by Gasteiger charge is -2.32. The summed E-state index contributed by atoms with van der Waals surface area (Å²) in [6.07, 6.45) is 0. The van der Waals surface area contributed by atoms with Gasteiger partial charge in [0.05, 0.1) is 6.04 Å². The molecule has 3 heteroatoms. The Labute approximate surface area is 121 Å². The van der Waals surface area contributed by atoms with Gasteiger partial charge in [0.1, 0.15) is 0 Å². The van der Waals surface area contributed by atoms with E-state index >= 15 is 0 Å². The second-order valence-electron chi connectivity index (χ2n) is 5.72. The van der Waals surface area contributed by atoms with Crippen LogP contribution in [-0.2, 0) is 0 Å². The van der Waals surface area contributed by atoms with E-state index in [1.54, 1.807) is 0 Å². The molecule has 2 atom stereocenters. The van der Waals surface area contributed by atoms with Crippen LogP contribution in [0.5, 0.6) is 0 Å². The molecule has 0 saturated carbocycles. The van der Waals surface area contributed by atoms with Gasteiger partial charge >= 0.3 is 0 Å². The molecule has 102 valence electrons.